The van der Waals surface area contributed by atoms with Gasteiger partial charge in [0.05, 0.1) is 5.69 Å². The Morgan fingerprint density at radius 3 is 2.09 bits per heavy atom. The van der Waals surface area contributed by atoms with Crippen LogP contribution in [0, 0.1) is 5.82 Å². The number of nitrogens with zero attached hydrogens (tertiary/aromatic N) is 1. The zero-order chi connectivity index (χ0) is 18.2. The molecule has 0 heterocycles. The van der Waals surface area contributed by atoms with Gasteiger partial charge in [-0.2, -0.15) is 4.90 Å². The molecule has 23 heavy (non-hydrogen) atoms. The second kappa shape index (κ2) is 6.06. The molecular weight excluding hydrogens is 303 g/mol. The van der Waals surface area contributed by atoms with Crippen molar-refractivity contribution < 1.29 is 23.8 Å². The number of hydrogen-bond donors (Lipinski definition) is 2. The molecule has 0 aliphatic heterocycles. The Labute approximate surface area is 135 Å². The molecule has 0 atom stereocenters. The van der Waals surface area contributed by atoms with Crippen molar-refractivity contribution in [2.24, 2.45) is 0 Å². The molecule has 0 fully saturated rings. The predicted octanol–water partition coefficient (Wildman–Crippen LogP) is 4.12. The van der Waals surface area contributed by atoms with Gasteiger partial charge in [0.15, 0.2) is 5.82 Å². The minimum absolute atomic E-state index is 0.154. The second-order valence-electron chi connectivity index (χ2n) is 7.25. The van der Waals surface area contributed by atoms with E-state index in [0.29, 0.717) is 0 Å². The van der Waals surface area contributed by atoms with Gasteiger partial charge in [0.25, 0.3) is 0 Å². The summed E-state index contributed by atoms with van der Waals surface area (Å²) < 4.78 is 19.8. The lowest BCUT2D eigenvalue weighted by atomic mass is 9.86. The summed E-state index contributed by atoms with van der Waals surface area (Å²) in [6, 6.07) is 2.52. The maximum atomic E-state index is 14.8. The molecule has 0 aromatic heterocycles. The maximum absolute atomic E-state index is 14.8. The highest BCUT2D eigenvalue weighted by molar-refractivity contribution is 6.09. The van der Waals surface area contributed by atoms with E-state index >= 15 is 0 Å². The fourth-order valence-electron chi connectivity index (χ4n) is 1.93. The Bertz CT molecular complexity index is 630. The summed E-state index contributed by atoms with van der Waals surface area (Å²) in [7, 11) is 0. The van der Waals surface area contributed by atoms with Crippen LogP contribution in [0.3, 0.4) is 0 Å². The van der Waals surface area contributed by atoms with Gasteiger partial charge in [-0.1, -0.05) is 20.8 Å². The molecule has 2 amide bonds. The molecule has 1 aromatic rings. The predicted molar refractivity (Wildman–Crippen MR) is 86.3 cm³/mol. The largest absolute Gasteiger partial charge is 0.464 e. The third-order valence-electron chi connectivity index (χ3n) is 2.89. The molecule has 7 heteroatoms. The van der Waals surface area contributed by atoms with E-state index in [0.717, 1.165) is 6.07 Å². The minimum Gasteiger partial charge on any atom is -0.464 e. The molecule has 6 nitrogen and oxygen atoms in total. The van der Waals surface area contributed by atoms with E-state index in [9.17, 15) is 19.1 Å². The molecule has 1 aromatic carbocycles. The summed E-state index contributed by atoms with van der Waals surface area (Å²) in [6.07, 6.45) is -2.84. The van der Waals surface area contributed by atoms with Crippen molar-refractivity contribution in [3.8, 4) is 0 Å². The van der Waals surface area contributed by atoms with E-state index in [1.165, 1.54) is 6.07 Å². The summed E-state index contributed by atoms with van der Waals surface area (Å²) in [5.41, 5.74) is 4.13. The van der Waals surface area contributed by atoms with Gasteiger partial charge < -0.3 is 15.6 Å². The van der Waals surface area contributed by atoms with Crippen LogP contribution in [0.5, 0.6) is 0 Å². The third-order valence-corrected chi connectivity index (χ3v) is 2.89. The number of rotatable bonds is 1. The van der Waals surface area contributed by atoms with E-state index in [4.69, 9.17) is 10.5 Å². The number of ether oxygens (including phenoxy) is 1. The summed E-state index contributed by atoms with van der Waals surface area (Å²) in [5.74, 6) is -0.819. The number of imide groups is 1. The highest BCUT2D eigenvalue weighted by Crippen LogP contribution is 2.34. The Hall–Kier alpha value is -2.31. The summed E-state index contributed by atoms with van der Waals surface area (Å²) in [4.78, 5) is 23.8. The van der Waals surface area contributed by atoms with Crippen molar-refractivity contribution in [3.63, 3.8) is 0 Å². The number of nitrogens with two attached hydrogens (primary N) is 1. The van der Waals surface area contributed by atoms with Gasteiger partial charge in [-0.25, -0.2) is 14.0 Å². The molecule has 1 rings (SSSR count). The molecule has 0 saturated heterocycles. The van der Waals surface area contributed by atoms with Crippen LogP contribution >= 0.6 is 0 Å². The summed E-state index contributed by atoms with van der Waals surface area (Å²) >= 11 is 0. The Kier molecular flexibility index (Phi) is 4.94. The first-order valence-electron chi connectivity index (χ1n) is 7.09. The smallest absolute Gasteiger partial charge is 0.424 e. The van der Waals surface area contributed by atoms with Gasteiger partial charge in [0, 0.05) is 5.69 Å². The molecule has 0 saturated carbocycles. The number of anilines is 2. The molecule has 128 valence electrons. The van der Waals surface area contributed by atoms with Crippen LogP contribution in [0.1, 0.15) is 47.1 Å². The van der Waals surface area contributed by atoms with Gasteiger partial charge in [-0.05, 0) is 43.9 Å². The zero-order valence-electron chi connectivity index (χ0n) is 14.2. The van der Waals surface area contributed by atoms with Crippen LogP contribution in [-0.2, 0) is 10.2 Å². The standard InChI is InChI=1S/C16H23FN2O4/c1-15(2,3)10-7-9(18)8-11(12(10)17)19(13(20)21)14(22)23-16(4,5)6/h7-8H,18H2,1-6H3,(H,20,21). The van der Waals surface area contributed by atoms with Gasteiger partial charge in [0.2, 0.25) is 0 Å². The van der Waals surface area contributed by atoms with Crippen molar-refractivity contribution in [1.29, 1.82) is 0 Å². The van der Waals surface area contributed by atoms with E-state index < -0.39 is 34.7 Å². The molecule has 0 unspecified atom stereocenters. The van der Waals surface area contributed by atoms with E-state index in [1.54, 1.807) is 41.5 Å². The average Bonchev–Trinajstić information content (AvgIpc) is 2.29. The maximum Gasteiger partial charge on any atom is 0.424 e. The third kappa shape index (κ3) is 4.58. The molecule has 3 N–H and O–H groups in total. The Balaban J connectivity index is 3.48. The monoisotopic (exact) mass is 326 g/mol. The first-order valence-corrected chi connectivity index (χ1v) is 7.09. The lowest BCUT2D eigenvalue weighted by Crippen LogP contribution is -2.41. The van der Waals surface area contributed by atoms with E-state index in [1.807, 2.05) is 0 Å². The molecule has 0 aliphatic rings. The minimum atomic E-state index is -1.65. The molecular formula is C16H23FN2O4. The van der Waals surface area contributed by atoms with Crippen LogP contribution in [-0.4, -0.2) is 22.9 Å². The van der Waals surface area contributed by atoms with Gasteiger partial charge in [-0.3, -0.25) is 0 Å². The first-order chi connectivity index (χ1) is 10.2. The highest BCUT2D eigenvalue weighted by Gasteiger charge is 2.33. The van der Waals surface area contributed by atoms with Crippen LogP contribution in [0.4, 0.5) is 25.4 Å². The van der Waals surface area contributed by atoms with Gasteiger partial charge in [0.1, 0.15) is 5.60 Å². The second-order valence-corrected chi connectivity index (χ2v) is 7.25. The number of carbonyl (C=O) groups is 2. The Morgan fingerprint density at radius 2 is 1.70 bits per heavy atom. The van der Waals surface area contributed by atoms with Crippen LogP contribution in [0.15, 0.2) is 12.1 Å². The molecule has 0 bridgehead atoms. The number of benzene rings is 1. The topological polar surface area (TPSA) is 92.9 Å². The van der Waals surface area contributed by atoms with Crippen molar-refractivity contribution in [3.05, 3.63) is 23.5 Å². The first kappa shape index (κ1) is 18.7. The average molecular weight is 326 g/mol. The van der Waals surface area contributed by atoms with Gasteiger partial charge >= 0.3 is 12.2 Å². The van der Waals surface area contributed by atoms with E-state index in [2.05, 4.69) is 0 Å². The van der Waals surface area contributed by atoms with Crippen LogP contribution < -0.4 is 10.6 Å². The van der Waals surface area contributed by atoms with Gasteiger partial charge in [-0.15, -0.1) is 0 Å². The molecule has 0 aliphatic carbocycles. The van der Waals surface area contributed by atoms with E-state index in [-0.39, 0.29) is 16.2 Å². The highest BCUT2D eigenvalue weighted by atomic mass is 19.1. The van der Waals surface area contributed by atoms with Crippen molar-refractivity contribution in [1.82, 2.24) is 0 Å². The normalized spacial score (nSPS) is 12.0. The Morgan fingerprint density at radius 1 is 1.17 bits per heavy atom. The number of carbonyl (C=O) groups excluding carboxylic acids is 1. The van der Waals surface area contributed by atoms with Crippen LogP contribution in [0.25, 0.3) is 0 Å². The number of nitrogen functional groups attached to an aromatic ring is 1. The van der Waals surface area contributed by atoms with Crippen molar-refractivity contribution >= 4 is 23.6 Å². The molecule has 0 radical (unpaired) electrons. The summed E-state index contributed by atoms with van der Waals surface area (Å²) in [6.45, 7) is 10.0. The molecule has 0 spiro atoms. The zero-order valence-corrected chi connectivity index (χ0v) is 14.2. The fraction of sp³-hybridized carbons (Fsp3) is 0.500. The number of hydrogen-bond acceptors (Lipinski definition) is 4. The lowest BCUT2D eigenvalue weighted by molar-refractivity contribution is 0.0580. The van der Waals surface area contributed by atoms with Crippen molar-refractivity contribution in [2.75, 3.05) is 10.6 Å². The summed E-state index contributed by atoms with van der Waals surface area (Å²) in [5, 5.41) is 9.32. The van der Waals surface area contributed by atoms with Crippen molar-refractivity contribution in [2.45, 2.75) is 52.6 Å². The number of carboxylic acid groups (broad SMARTS) is 1. The number of amides is 2. The lowest BCUT2D eigenvalue weighted by Gasteiger charge is -2.27. The van der Waals surface area contributed by atoms with Crippen LogP contribution in [0.2, 0.25) is 0 Å². The SMILES string of the molecule is CC(C)(C)OC(=O)N(C(=O)O)c1cc(N)cc(C(C)(C)C)c1F. The fourth-order valence-corrected chi connectivity index (χ4v) is 1.93. The number of halogens is 1. The quantitative estimate of drug-likeness (QED) is 0.757.